The number of pyridine rings is 1. The van der Waals surface area contributed by atoms with Gasteiger partial charge in [-0.1, -0.05) is 24.3 Å². The monoisotopic (exact) mass is 429 g/mol. The van der Waals surface area contributed by atoms with Gasteiger partial charge in [0.2, 0.25) is 11.7 Å². The van der Waals surface area contributed by atoms with Gasteiger partial charge in [0.05, 0.1) is 17.3 Å². The molecular formula is C23H20FN7O. The number of fused-ring (bicyclic) bond motifs is 2. The van der Waals surface area contributed by atoms with E-state index in [-0.39, 0.29) is 24.1 Å². The van der Waals surface area contributed by atoms with Crippen LogP contribution in [0.25, 0.3) is 22.6 Å². The number of aromatic nitrogens is 6. The molecule has 0 radical (unpaired) electrons. The van der Waals surface area contributed by atoms with Crippen molar-refractivity contribution in [3.05, 3.63) is 72.3 Å². The highest BCUT2D eigenvalue weighted by Crippen LogP contribution is 2.39. The highest BCUT2D eigenvalue weighted by atomic mass is 19.1. The Labute approximate surface area is 183 Å². The molecule has 0 fully saturated rings. The largest absolute Gasteiger partial charge is 0.308 e. The molecule has 0 unspecified atom stereocenters. The average molecular weight is 429 g/mol. The summed E-state index contributed by atoms with van der Waals surface area (Å²) in [6.45, 7) is 5.76. The fourth-order valence-electron chi connectivity index (χ4n) is 3.93. The lowest BCUT2D eigenvalue weighted by atomic mass is 9.83. The second-order valence-corrected chi connectivity index (χ2v) is 7.92. The fourth-order valence-corrected chi connectivity index (χ4v) is 3.93. The van der Waals surface area contributed by atoms with Gasteiger partial charge >= 0.3 is 0 Å². The van der Waals surface area contributed by atoms with Crippen LogP contribution in [0, 0.1) is 5.82 Å². The first-order chi connectivity index (χ1) is 15.5. The van der Waals surface area contributed by atoms with Gasteiger partial charge in [-0.05, 0) is 38.0 Å². The number of halogens is 1. The molecule has 32 heavy (non-hydrogen) atoms. The molecule has 8 nitrogen and oxygen atoms in total. The van der Waals surface area contributed by atoms with Crippen molar-refractivity contribution in [2.24, 2.45) is 0 Å². The van der Waals surface area contributed by atoms with Gasteiger partial charge in [-0.15, -0.1) is 16.8 Å². The Bertz CT molecular complexity index is 1370. The molecule has 1 aliphatic rings. The number of carbonyl (C=O) groups is 1. The molecule has 160 valence electrons. The normalized spacial score (nSPS) is 17.4. The highest BCUT2D eigenvalue weighted by Gasteiger charge is 2.45. The van der Waals surface area contributed by atoms with Gasteiger partial charge in [0.25, 0.3) is 0 Å². The Hall–Kier alpha value is -4.01. The standard InChI is InChI=1S/C23H20FN7O/c1-3-4-11-23(2)18-20(27-22(23)32)26-19(29-28-18)17-15-9-7-12-25-21(15)31(30-17)13-14-8-5-6-10-16(14)24/h3,5-10,12H,1,4,11,13H2,2H3,(H,26,27,29,32)/t23-/m0/s1. The first kappa shape index (κ1) is 19.9. The number of hydrogen-bond donors (Lipinski definition) is 1. The van der Waals surface area contributed by atoms with Crippen LogP contribution < -0.4 is 5.32 Å². The number of rotatable bonds is 6. The van der Waals surface area contributed by atoms with Crippen molar-refractivity contribution in [3.63, 3.8) is 0 Å². The van der Waals surface area contributed by atoms with Crippen LogP contribution in [0.1, 0.15) is 31.0 Å². The zero-order valence-electron chi connectivity index (χ0n) is 17.4. The second-order valence-electron chi connectivity index (χ2n) is 7.92. The maximum Gasteiger partial charge on any atom is 0.237 e. The van der Waals surface area contributed by atoms with E-state index in [1.54, 1.807) is 41.2 Å². The number of nitrogens with one attached hydrogen (secondary N) is 1. The van der Waals surface area contributed by atoms with Gasteiger partial charge in [-0.2, -0.15) is 5.10 Å². The number of allylic oxidation sites excluding steroid dienone is 1. The van der Waals surface area contributed by atoms with Crippen LogP contribution in [0.15, 0.2) is 55.3 Å². The predicted octanol–water partition coefficient (Wildman–Crippen LogP) is 3.65. The van der Waals surface area contributed by atoms with Crippen LogP contribution in [0.2, 0.25) is 0 Å². The van der Waals surface area contributed by atoms with Crippen molar-refractivity contribution >= 4 is 22.8 Å². The molecule has 0 aliphatic carbocycles. The summed E-state index contributed by atoms with van der Waals surface area (Å²) in [6.07, 6.45) is 4.66. The summed E-state index contributed by atoms with van der Waals surface area (Å²) in [5.41, 5.74) is 1.24. The zero-order valence-corrected chi connectivity index (χ0v) is 17.4. The molecule has 4 heterocycles. The zero-order chi connectivity index (χ0) is 22.3. The number of hydrogen-bond acceptors (Lipinski definition) is 6. The Morgan fingerprint density at radius 1 is 1.22 bits per heavy atom. The summed E-state index contributed by atoms with van der Waals surface area (Å²) >= 11 is 0. The molecule has 1 aliphatic heterocycles. The number of nitrogens with zero attached hydrogens (tertiary/aromatic N) is 6. The van der Waals surface area contributed by atoms with Gasteiger partial charge in [0, 0.05) is 11.8 Å². The van der Waals surface area contributed by atoms with Crippen molar-refractivity contribution in [1.82, 2.24) is 29.9 Å². The Kier molecular flexibility index (Phi) is 4.73. The number of benzene rings is 1. The van der Waals surface area contributed by atoms with Crippen molar-refractivity contribution in [2.45, 2.75) is 31.7 Å². The third-order valence-corrected chi connectivity index (χ3v) is 5.79. The predicted molar refractivity (Wildman–Crippen MR) is 117 cm³/mol. The van der Waals surface area contributed by atoms with Crippen molar-refractivity contribution < 1.29 is 9.18 Å². The second kappa shape index (κ2) is 7.60. The Balaban J connectivity index is 1.58. The molecule has 4 aromatic rings. The van der Waals surface area contributed by atoms with Crippen molar-refractivity contribution in [3.8, 4) is 11.5 Å². The van der Waals surface area contributed by atoms with Gasteiger partial charge in [0.15, 0.2) is 11.5 Å². The topological polar surface area (TPSA) is 98.5 Å². The lowest BCUT2D eigenvalue weighted by Crippen LogP contribution is -2.31. The summed E-state index contributed by atoms with van der Waals surface area (Å²) in [4.78, 5) is 21.6. The minimum atomic E-state index is -0.810. The number of carbonyl (C=O) groups excluding carboxylic acids is 1. The van der Waals surface area contributed by atoms with Gasteiger partial charge in [-0.25, -0.2) is 19.0 Å². The van der Waals surface area contributed by atoms with Crippen LogP contribution in [0.5, 0.6) is 0 Å². The molecule has 1 aromatic carbocycles. The smallest absolute Gasteiger partial charge is 0.237 e. The van der Waals surface area contributed by atoms with Crippen molar-refractivity contribution in [2.75, 3.05) is 5.32 Å². The van der Waals surface area contributed by atoms with E-state index < -0.39 is 5.41 Å². The van der Waals surface area contributed by atoms with E-state index in [1.807, 2.05) is 13.0 Å². The molecule has 0 saturated heterocycles. The Morgan fingerprint density at radius 3 is 2.88 bits per heavy atom. The molecular weight excluding hydrogens is 409 g/mol. The van der Waals surface area contributed by atoms with E-state index in [0.717, 1.165) is 0 Å². The first-order valence-corrected chi connectivity index (χ1v) is 10.2. The average Bonchev–Trinajstić information content (AvgIpc) is 3.29. The van der Waals surface area contributed by atoms with E-state index >= 15 is 0 Å². The quantitative estimate of drug-likeness (QED) is 0.470. The summed E-state index contributed by atoms with van der Waals surface area (Å²) in [5.74, 6) is 0.171. The highest BCUT2D eigenvalue weighted by molar-refractivity contribution is 6.04. The minimum Gasteiger partial charge on any atom is -0.308 e. The van der Waals surface area contributed by atoms with Crippen LogP contribution in [-0.2, 0) is 16.8 Å². The molecule has 0 spiro atoms. The summed E-state index contributed by atoms with van der Waals surface area (Å²) < 4.78 is 15.8. The molecule has 1 amide bonds. The third-order valence-electron chi connectivity index (χ3n) is 5.79. The molecule has 9 heteroatoms. The first-order valence-electron chi connectivity index (χ1n) is 10.2. The number of anilines is 1. The van der Waals surface area contributed by atoms with Crippen LogP contribution in [-0.4, -0.2) is 35.9 Å². The van der Waals surface area contributed by atoms with E-state index in [4.69, 9.17) is 0 Å². The van der Waals surface area contributed by atoms with E-state index in [9.17, 15) is 9.18 Å². The molecule has 5 rings (SSSR count). The summed E-state index contributed by atoms with van der Waals surface area (Å²) in [7, 11) is 0. The lowest BCUT2D eigenvalue weighted by Gasteiger charge is -2.18. The van der Waals surface area contributed by atoms with Crippen LogP contribution in [0.4, 0.5) is 10.2 Å². The molecule has 1 N–H and O–H groups in total. The van der Waals surface area contributed by atoms with E-state index in [2.05, 4.69) is 37.2 Å². The van der Waals surface area contributed by atoms with Gasteiger partial charge in [-0.3, -0.25) is 4.79 Å². The minimum absolute atomic E-state index is 0.162. The van der Waals surface area contributed by atoms with E-state index in [1.165, 1.54) is 6.07 Å². The lowest BCUT2D eigenvalue weighted by molar-refractivity contribution is -0.120. The molecule has 0 saturated carbocycles. The van der Waals surface area contributed by atoms with Crippen molar-refractivity contribution in [1.29, 1.82) is 0 Å². The molecule has 3 aromatic heterocycles. The summed E-state index contributed by atoms with van der Waals surface area (Å²) in [6, 6.07) is 10.2. The maximum absolute atomic E-state index is 14.2. The number of amides is 1. The van der Waals surface area contributed by atoms with E-state index in [0.29, 0.717) is 46.6 Å². The third kappa shape index (κ3) is 3.13. The maximum atomic E-state index is 14.2. The van der Waals surface area contributed by atoms with Gasteiger partial charge < -0.3 is 5.32 Å². The SMILES string of the molecule is C=CCC[C@]1(C)C(=O)Nc2nc(-c3nn(Cc4ccccc4F)c4ncccc34)nnc21. The van der Waals surface area contributed by atoms with Crippen LogP contribution >= 0.6 is 0 Å². The van der Waals surface area contributed by atoms with Gasteiger partial charge in [0.1, 0.15) is 17.2 Å². The molecule has 0 bridgehead atoms. The summed E-state index contributed by atoms with van der Waals surface area (Å²) in [5, 5.41) is 16.8. The fraction of sp³-hybridized carbons (Fsp3) is 0.217. The Morgan fingerprint density at radius 2 is 2.06 bits per heavy atom. The van der Waals surface area contributed by atoms with Crippen LogP contribution in [0.3, 0.4) is 0 Å². The molecule has 1 atom stereocenters.